The molecule has 0 saturated carbocycles. The first kappa shape index (κ1) is 16.3. The molecule has 1 aromatic rings. The molecule has 1 aromatic heterocycles. The molecular formula is C16H26FN3O. The summed E-state index contributed by atoms with van der Waals surface area (Å²) in [5.41, 5.74) is 7.00. The number of piperidine rings is 1. The molecule has 118 valence electrons. The van der Waals surface area contributed by atoms with Gasteiger partial charge < -0.3 is 10.8 Å². The standard InChI is InChI=1S/C16H26FN3O/c1-12(16(18)15-6-5-13(17)10-19-15)11-20-8-3-2-4-14(20)7-9-21/h5-6,10,12,14,16,21H,2-4,7-9,11,18H2,1H3. The van der Waals surface area contributed by atoms with E-state index in [1.54, 1.807) is 6.07 Å². The van der Waals surface area contributed by atoms with E-state index in [2.05, 4.69) is 16.8 Å². The predicted octanol–water partition coefficient (Wildman–Crippen LogP) is 2.09. The van der Waals surface area contributed by atoms with Crippen molar-refractivity contribution in [3.8, 4) is 0 Å². The summed E-state index contributed by atoms with van der Waals surface area (Å²) in [7, 11) is 0. The molecule has 0 aromatic carbocycles. The summed E-state index contributed by atoms with van der Waals surface area (Å²) in [6.07, 6.45) is 5.64. The number of nitrogens with two attached hydrogens (primary N) is 1. The van der Waals surface area contributed by atoms with E-state index in [9.17, 15) is 9.50 Å². The maximum atomic E-state index is 12.9. The van der Waals surface area contributed by atoms with Crippen LogP contribution in [0.2, 0.25) is 0 Å². The molecule has 2 heterocycles. The number of aliphatic hydroxyl groups is 1. The van der Waals surface area contributed by atoms with Gasteiger partial charge in [0.15, 0.2) is 0 Å². The maximum absolute atomic E-state index is 12.9. The predicted molar refractivity (Wildman–Crippen MR) is 81.2 cm³/mol. The molecule has 1 saturated heterocycles. The summed E-state index contributed by atoms with van der Waals surface area (Å²) >= 11 is 0. The molecule has 4 nitrogen and oxygen atoms in total. The molecule has 1 aliphatic heterocycles. The quantitative estimate of drug-likeness (QED) is 0.843. The number of aromatic nitrogens is 1. The molecular weight excluding hydrogens is 269 g/mol. The molecule has 1 fully saturated rings. The molecule has 3 unspecified atom stereocenters. The van der Waals surface area contributed by atoms with Crippen molar-refractivity contribution in [2.45, 2.75) is 44.7 Å². The third-order valence-corrected chi connectivity index (χ3v) is 4.44. The monoisotopic (exact) mass is 295 g/mol. The molecule has 3 atom stereocenters. The lowest BCUT2D eigenvalue weighted by molar-refractivity contribution is 0.0991. The fraction of sp³-hybridized carbons (Fsp3) is 0.688. The lowest BCUT2D eigenvalue weighted by atomic mass is 9.94. The zero-order valence-corrected chi connectivity index (χ0v) is 12.7. The summed E-state index contributed by atoms with van der Waals surface area (Å²) in [5, 5.41) is 9.19. The number of aliphatic hydroxyl groups excluding tert-OH is 1. The topological polar surface area (TPSA) is 62.4 Å². The Kier molecular flexibility index (Phi) is 6.08. The molecule has 0 radical (unpaired) electrons. The van der Waals surface area contributed by atoms with Gasteiger partial charge in [-0.2, -0.15) is 0 Å². The van der Waals surface area contributed by atoms with Gasteiger partial charge in [0.25, 0.3) is 0 Å². The van der Waals surface area contributed by atoms with Crippen molar-refractivity contribution in [3.63, 3.8) is 0 Å². The Balaban J connectivity index is 1.95. The largest absolute Gasteiger partial charge is 0.396 e. The van der Waals surface area contributed by atoms with Crippen molar-refractivity contribution in [3.05, 3.63) is 29.8 Å². The van der Waals surface area contributed by atoms with Crippen molar-refractivity contribution >= 4 is 0 Å². The number of hydrogen-bond acceptors (Lipinski definition) is 4. The van der Waals surface area contributed by atoms with E-state index < -0.39 is 0 Å². The van der Waals surface area contributed by atoms with Crippen LogP contribution in [-0.4, -0.2) is 40.7 Å². The SMILES string of the molecule is CC(CN1CCCCC1CCO)C(N)c1ccc(F)cn1. The van der Waals surface area contributed by atoms with Crippen LogP contribution in [0.25, 0.3) is 0 Å². The summed E-state index contributed by atoms with van der Waals surface area (Å²) in [6, 6.07) is 3.34. The molecule has 0 spiro atoms. The van der Waals surface area contributed by atoms with E-state index in [1.165, 1.54) is 25.1 Å². The van der Waals surface area contributed by atoms with Gasteiger partial charge in [-0.1, -0.05) is 13.3 Å². The van der Waals surface area contributed by atoms with Gasteiger partial charge >= 0.3 is 0 Å². The first-order valence-corrected chi connectivity index (χ1v) is 7.83. The number of likely N-dealkylation sites (tertiary alicyclic amines) is 1. The molecule has 21 heavy (non-hydrogen) atoms. The molecule has 2 rings (SSSR count). The van der Waals surface area contributed by atoms with Crippen LogP contribution >= 0.6 is 0 Å². The molecule has 3 N–H and O–H groups in total. The Morgan fingerprint density at radius 2 is 2.29 bits per heavy atom. The van der Waals surface area contributed by atoms with Gasteiger partial charge in [0.05, 0.1) is 17.9 Å². The second-order valence-electron chi connectivity index (χ2n) is 6.06. The Hall–Kier alpha value is -1.04. The first-order chi connectivity index (χ1) is 10.1. The average molecular weight is 295 g/mol. The summed E-state index contributed by atoms with van der Waals surface area (Å²) < 4.78 is 12.9. The van der Waals surface area contributed by atoms with Crippen molar-refractivity contribution in [1.29, 1.82) is 0 Å². The Morgan fingerprint density at radius 3 is 2.95 bits per heavy atom. The third-order valence-electron chi connectivity index (χ3n) is 4.44. The lowest BCUT2D eigenvalue weighted by Gasteiger charge is -2.38. The van der Waals surface area contributed by atoms with E-state index in [4.69, 9.17) is 5.73 Å². The Morgan fingerprint density at radius 1 is 1.48 bits per heavy atom. The highest BCUT2D eigenvalue weighted by atomic mass is 19.1. The van der Waals surface area contributed by atoms with Crippen LogP contribution in [0, 0.1) is 11.7 Å². The van der Waals surface area contributed by atoms with Gasteiger partial charge in [0, 0.05) is 19.2 Å². The zero-order chi connectivity index (χ0) is 15.2. The number of pyridine rings is 1. The normalized spacial score (nSPS) is 23.0. The van der Waals surface area contributed by atoms with E-state index >= 15 is 0 Å². The van der Waals surface area contributed by atoms with E-state index in [0.29, 0.717) is 6.04 Å². The van der Waals surface area contributed by atoms with Gasteiger partial charge in [0.1, 0.15) is 5.82 Å². The average Bonchev–Trinajstić information content (AvgIpc) is 2.49. The number of rotatable bonds is 6. The van der Waals surface area contributed by atoms with Crippen molar-refractivity contribution in [1.82, 2.24) is 9.88 Å². The van der Waals surface area contributed by atoms with Crippen LogP contribution in [0.4, 0.5) is 4.39 Å². The van der Waals surface area contributed by atoms with Crippen LogP contribution in [0.5, 0.6) is 0 Å². The zero-order valence-electron chi connectivity index (χ0n) is 12.7. The van der Waals surface area contributed by atoms with Gasteiger partial charge in [-0.15, -0.1) is 0 Å². The minimum absolute atomic E-state index is 0.192. The summed E-state index contributed by atoms with van der Waals surface area (Å²) in [6.45, 7) is 4.31. The molecule has 0 bridgehead atoms. The smallest absolute Gasteiger partial charge is 0.141 e. The van der Waals surface area contributed by atoms with Crippen LogP contribution in [-0.2, 0) is 0 Å². The van der Waals surface area contributed by atoms with Crippen molar-refractivity contribution < 1.29 is 9.50 Å². The first-order valence-electron chi connectivity index (χ1n) is 7.83. The highest BCUT2D eigenvalue weighted by Crippen LogP contribution is 2.24. The van der Waals surface area contributed by atoms with Crippen LogP contribution in [0.3, 0.4) is 0 Å². The minimum Gasteiger partial charge on any atom is -0.396 e. The molecule has 5 heteroatoms. The minimum atomic E-state index is -0.336. The second kappa shape index (κ2) is 7.82. The molecule has 1 aliphatic rings. The fourth-order valence-corrected chi connectivity index (χ4v) is 3.14. The Labute approximate surface area is 126 Å². The fourth-order valence-electron chi connectivity index (χ4n) is 3.14. The number of halogens is 1. The molecule has 0 amide bonds. The second-order valence-corrected chi connectivity index (χ2v) is 6.06. The van der Waals surface area contributed by atoms with Crippen LogP contribution in [0.1, 0.15) is 44.3 Å². The summed E-state index contributed by atoms with van der Waals surface area (Å²) in [4.78, 5) is 6.53. The van der Waals surface area contributed by atoms with Gasteiger partial charge in [-0.3, -0.25) is 9.88 Å². The number of nitrogens with zero attached hydrogens (tertiary/aromatic N) is 2. The summed E-state index contributed by atoms with van der Waals surface area (Å²) in [5.74, 6) is -0.0973. The van der Waals surface area contributed by atoms with Gasteiger partial charge in [0.2, 0.25) is 0 Å². The van der Waals surface area contributed by atoms with Crippen molar-refractivity contribution in [2.24, 2.45) is 11.7 Å². The van der Waals surface area contributed by atoms with Crippen molar-refractivity contribution in [2.75, 3.05) is 19.7 Å². The van der Waals surface area contributed by atoms with E-state index in [0.717, 1.165) is 31.6 Å². The Bertz CT molecular complexity index is 424. The molecule has 0 aliphatic carbocycles. The third kappa shape index (κ3) is 4.46. The van der Waals surface area contributed by atoms with Crippen LogP contribution < -0.4 is 5.73 Å². The number of hydrogen-bond donors (Lipinski definition) is 2. The van der Waals surface area contributed by atoms with Gasteiger partial charge in [-0.25, -0.2) is 4.39 Å². The van der Waals surface area contributed by atoms with E-state index in [-0.39, 0.29) is 24.4 Å². The van der Waals surface area contributed by atoms with E-state index in [1.807, 2.05) is 0 Å². The van der Waals surface area contributed by atoms with Crippen LogP contribution in [0.15, 0.2) is 18.3 Å². The van der Waals surface area contributed by atoms with Gasteiger partial charge in [-0.05, 0) is 43.9 Å². The lowest BCUT2D eigenvalue weighted by Crippen LogP contribution is -2.44. The maximum Gasteiger partial charge on any atom is 0.141 e. The highest BCUT2D eigenvalue weighted by Gasteiger charge is 2.26. The highest BCUT2D eigenvalue weighted by molar-refractivity contribution is 5.10.